The summed E-state index contributed by atoms with van der Waals surface area (Å²) in [6, 6.07) is 9.73. The molecule has 24 heavy (non-hydrogen) atoms. The number of hydrogen-bond donors (Lipinski definition) is 1. The summed E-state index contributed by atoms with van der Waals surface area (Å²) in [5.74, 6) is 0.880. The van der Waals surface area contributed by atoms with E-state index in [4.69, 9.17) is 0 Å². The smallest absolute Gasteiger partial charge is 0.255 e. The number of aryl methyl sites for hydroxylation is 2. The van der Waals surface area contributed by atoms with Crippen LogP contribution in [0.1, 0.15) is 16.4 Å². The number of carbonyl (C=O) groups is 1. The third-order valence-electron chi connectivity index (χ3n) is 4.33. The van der Waals surface area contributed by atoms with Crippen LogP contribution in [0.15, 0.2) is 41.3 Å². The van der Waals surface area contributed by atoms with Crippen molar-refractivity contribution in [1.29, 1.82) is 0 Å². The highest BCUT2D eigenvalue weighted by Gasteiger charge is 2.29. The van der Waals surface area contributed by atoms with Gasteiger partial charge in [-0.25, -0.2) is 0 Å². The van der Waals surface area contributed by atoms with Gasteiger partial charge in [-0.2, -0.15) is 5.10 Å². The molecule has 0 bridgehead atoms. The lowest BCUT2D eigenvalue weighted by Gasteiger charge is -2.16. The van der Waals surface area contributed by atoms with Crippen molar-refractivity contribution in [3.05, 3.63) is 58.0 Å². The number of benzene rings is 1. The fourth-order valence-electron chi connectivity index (χ4n) is 3.11. The maximum absolute atomic E-state index is 12.9. The average molecular weight is 340 g/mol. The number of rotatable bonds is 1. The third-order valence-corrected chi connectivity index (χ3v) is 5.60. The van der Waals surface area contributed by atoms with Crippen LogP contribution in [0.4, 0.5) is 5.82 Å². The number of carbonyl (C=O) groups excluding carboxylic acids is 1. The molecule has 1 amide bonds. The monoisotopic (exact) mass is 340 g/mol. The molecule has 1 unspecified atom stereocenters. The molecule has 1 atom stereocenters. The maximum atomic E-state index is 12.9. The fraction of sp³-hybridized carbons (Fsp3) is 0.235. The zero-order valence-electron chi connectivity index (χ0n) is 13.3. The number of para-hydroxylation sites is 1. The molecule has 0 saturated carbocycles. The van der Waals surface area contributed by atoms with Gasteiger partial charge < -0.3 is 9.88 Å². The van der Waals surface area contributed by atoms with Crippen LogP contribution >= 0.6 is 11.8 Å². The predicted octanol–water partition coefficient (Wildman–Crippen LogP) is 2.05. The van der Waals surface area contributed by atoms with Gasteiger partial charge in [-0.05, 0) is 17.5 Å². The van der Waals surface area contributed by atoms with Crippen LogP contribution in [0.25, 0.3) is 10.9 Å². The van der Waals surface area contributed by atoms with E-state index < -0.39 is 0 Å². The molecule has 3 heterocycles. The molecule has 0 aliphatic carbocycles. The Hall–Kier alpha value is -2.54. The molecule has 3 aromatic rings. The first-order chi connectivity index (χ1) is 11.6. The van der Waals surface area contributed by atoms with Gasteiger partial charge in [0.2, 0.25) is 5.91 Å². The SMILES string of the molecule is Cn1ncc2c1NC(=O)CSC2c1cc2ccccc2n(C)c1=O. The normalized spacial score (nSPS) is 17.4. The third kappa shape index (κ3) is 2.24. The van der Waals surface area contributed by atoms with E-state index in [1.54, 1.807) is 29.5 Å². The molecule has 0 spiro atoms. The van der Waals surface area contributed by atoms with E-state index in [9.17, 15) is 9.59 Å². The molecule has 7 heteroatoms. The molecular weight excluding hydrogens is 324 g/mol. The Morgan fingerprint density at radius 1 is 1.21 bits per heavy atom. The summed E-state index contributed by atoms with van der Waals surface area (Å²) in [6.07, 6.45) is 1.73. The van der Waals surface area contributed by atoms with Gasteiger partial charge in [-0.3, -0.25) is 14.3 Å². The Morgan fingerprint density at radius 2 is 2.00 bits per heavy atom. The second-order valence-corrected chi connectivity index (χ2v) is 6.93. The summed E-state index contributed by atoms with van der Waals surface area (Å²) in [4.78, 5) is 24.9. The van der Waals surface area contributed by atoms with Crippen LogP contribution in [0, 0.1) is 0 Å². The van der Waals surface area contributed by atoms with Gasteiger partial charge in [0, 0.05) is 25.2 Å². The molecule has 6 nitrogen and oxygen atoms in total. The van der Waals surface area contributed by atoms with Gasteiger partial charge >= 0.3 is 0 Å². The minimum Gasteiger partial charge on any atom is -0.311 e. The minimum atomic E-state index is -0.226. The Bertz CT molecular complexity index is 1020. The van der Waals surface area contributed by atoms with E-state index in [-0.39, 0.29) is 16.7 Å². The Labute approximate surface area is 142 Å². The predicted molar refractivity (Wildman–Crippen MR) is 95.3 cm³/mol. The Morgan fingerprint density at radius 3 is 2.83 bits per heavy atom. The van der Waals surface area contributed by atoms with E-state index in [0.29, 0.717) is 17.1 Å². The first-order valence-corrected chi connectivity index (χ1v) is 8.63. The first kappa shape index (κ1) is 15.0. The number of hydrogen-bond acceptors (Lipinski definition) is 4. The summed E-state index contributed by atoms with van der Waals surface area (Å²) < 4.78 is 3.30. The van der Waals surface area contributed by atoms with Gasteiger partial charge in [0.05, 0.1) is 22.7 Å². The lowest BCUT2D eigenvalue weighted by Crippen LogP contribution is -2.23. The Kier molecular flexibility index (Phi) is 3.45. The van der Waals surface area contributed by atoms with Gasteiger partial charge in [-0.15, -0.1) is 11.8 Å². The average Bonchev–Trinajstić information content (AvgIpc) is 2.84. The highest BCUT2D eigenvalue weighted by molar-refractivity contribution is 8.00. The van der Waals surface area contributed by atoms with Gasteiger partial charge in [-0.1, -0.05) is 18.2 Å². The molecule has 1 aliphatic rings. The van der Waals surface area contributed by atoms with Crippen molar-refractivity contribution in [3.63, 3.8) is 0 Å². The summed E-state index contributed by atoms with van der Waals surface area (Å²) in [5, 5.41) is 7.90. The summed E-state index contributed by atoms with van der Waals surface area (Å²) in [6.45, 7) is 0. The van der Waals surface area contributed by atoms with E-state index in [2.05, 4.69) is 10.4 Å². The summed E-state index contributed by atoms with van der Waals surface area (Å²) >= 11 is 1.45. The number of thioether (sulfide) groups is 1. The van der Waals surface area contributed by atoms with Crippen molar-refractivity contribution >= 4 is 34.4 Å². The molecule has 1 N–H and O–H groups in total. The highest BCUT2D eigenvalue weighted by Crippen LogP contribution is 2.40. The molecule has 1 aliphatic heterocycles. The van der Waals surface area contributed by atoms with Crippen LogP contribution in [0.5, 0.6) is 0 Å². The van der Waals surface area contributed by atoms with Gasteiger partial charge in [0.25, 0.3) is 5.56 Å². The minimum absolute atomic E-state index is 0.0460. The second kappa shape index (κ2) is 5.52. The molecule has 0 fully saturated rings. The Balaban J connectivity index is 1.96. The van der Waals surface area contributed by atoms with Crippen LogP contribution in [0.2, 0.25) is 0 Å². The molecule has 2 aromatic heterocycles. The fourth-order valence-corrected chi connectivity index (χ4v) is 4.20. The lowest BCUT2D eigenvalue weighted by atomic mass is 10.1. The van der Waals surface area contributed by atoms with E-state index in [1.165, 1.54) is 11.8 Å². The van der Waals surface area contributed by atoms with Crippen molar-refractivity contribution in [2.45, 2.75) is 5.25 Å². The van der Waals surface area contributed by atoms with Crippen molar-refractivity contribution in [2.75, 3.05) is 11.1 Å². The topological polar surface area (TPSA) is 68.9 Å². The molecule has 0 saturated heterocycles. The van der Waals surface area contributed by atoms with Crippen molar-refractivity contribution < 1.29 is 4.79 Å². The number of nitrogens with zero attached hydrogens (tertiary/aromatic N) is 3. The number of nitrogens with one attached hydrogen (secondary N) is 1. The number of fused-ring (bicyclic) bond motifs is 2. The number of anilines is 1. The first-order valence-electron chi connectivity index (χ1n) is 7.58. The molecule has 1 aromatic carbocycles. The summed E-state index contributed by atoms with van der Waals surface area (Å²) in [7, 11) is 3.56. The van der Waals surface area contributed by atoms with E-state index in [1.807, 2.05) is 30.3 Å². The van der Waals surface area contributed by atoms with Gasteiger partial charge in [0.1, 0.15) is 5.82 Å². The van der Waals surface area contributed by atoms with Crippen LogP contribution < -0.4 is 10.9 Å². The molecular formula is C17H16N4O2S. The largest absolute Gasteiger partial charge is 0.311 e. The van der Waals surface area contributed by atoms with Gasteiger partial charge in [0.15, 0.2) is 0 Å². The van der Waals surface area contributed by atoms with E-state index >= 15 is 0 Å². The zero-order valence-corrected chi connectivity index (χ0v) is 14.1. The highest BCUT2D eigenvalue weighted by atomic mass is 32.2. The van der Waals surface area contributed by atoms with Crippen molar-refractivity contribution in [2.24, 2.45) is 14.1 Å². The maximum Gasteiger partial charge on any atom is 0.255 e. The number of amides is 1. The number of aromatic nitrogens is 3. The molecule has 122 valence electrons. The quantitative estimate of drug-likeness (QED) is 0.736. The van der Waals surface area contributed by atoms with Crippen LogP contribution in [-0.2, 0) is 18.9 Å². The number of pyridine rings is 1. The molecule has 0 radical (unpaired) electrons. The zero-order chi connectivity index (χ0) is 16.8. The summed E-state index contributed by atoms with van der Waals surface area (Å²) in [5.41, 5.74) is 2.38. The van der Waals surface area contributed by atoms with Crippen molar-refractivity contribution in [3.8, 4) is 0 Å². The lowest BCUT2D eigenvalue weighted by molar-refractivity contribution is -0.113. The molecule has 4 rings (SSSR count). The second-order valence-electron chi connectivity index (χ2n) is 5.83. The van der Waals surface area contributed by atoms with E-state index in [0.717, 1.165) is 16.5 Å². The van der Waals surface area contributed by atoms with Crippen LogP contribution in [-0.4, -0.2) is 26.0 Å². The van der Waals surface area contributed by atoms with Crippen LogP contribution in [0.3, 0.4) is 0 Å². The van der Waals surface area contributed by atoms with Crippen molar-refractivity contribution in [1.82, 2.24) is 14.3 Å². The standard InChI is InChI=1S/C17H16N4O2S/c1-20-13-6-4-3-5-10(13)7-11(17(20)23)15-12-8-18-21(2)16(12)19-14(22)9-24-15/h3-8,15H,9H2,1-2H3,(H,19,22).